The Hall–Kier alpha value is -1.55. The Labute approximate surface area is 88.4 Å². The van der Waals surface area contributed by atoms with E-state index in [1.54, 1.807) is 12.1 Å². The van der Waals surface area contributed by atoms with Crippen molar-refractivity contribution >= 4 is 6.29 Å². The largest absolute Gasteiger partial charge is 0.493 e. The summed E-state index contributed by atoms with van der Waals surface area (Å²) in [5.74, 6) is 1.00. The van der Waals surface area contributed by atoms with Gasteiger partial charge in [-0.25, -0.2) is 0 Å². The molecule has 4 heteroatoms. The minimum absolute atomic E-state index is 0.347. The molecule has 0 aromatic heterocycles. The molecule has 0 radical (unpaired) electrons. The Kier molecular flexibility index (Phi) is 4.12. The monoisotopic (exact) mass is 210 g/mol. The molecule has 0 saturated carbocycles. The van der Waals surface area contributed by atoms with Crippen LogP contribution in [-0.2, 0) is 4.79 Å². The number of rotatable bonds is 5. The molecule has 0 bridgehead atoms. The lowest BCUT2D eigenvalue weighted by molar-refractivity contribution is -0.115. The number of hydrogen-bond acceptors (Lipinski definition) is 4. The Balaban J connectivity index is 2.88. The van der Waals surface area contributed by atoms with Gasteiger partial charge in [-0.2, -0.15) is 0 Å². The first-order chi connectivity index (χ1) is 7.21. The summed E-state index contributed by atoms with van der Waals surface area (Å²) in [5.41, 5.74) is 1.03. The van der Waals surface area contributed by atoms with Crippen LogP contribution in [0.25, 0.3) is 0 Å². The number of carbonyl (C=O) groups excluding carboxylic acids is 1. The molecule has 0 amide bonds. The average Bonchev–Trinajstić information content (AvgIpc) is 2.27. The van der Waals surface area contributed by atoms with Crippen molar-refractivity contribution in [2.24, 2.45) is 0 Å². The highest BCUT2D eigenvalue weighted by Gasteiger charge is 2.11. The average molecular weight is 210 g/mol. The van der Waals surface area contributed by atoms with E-state index >= 15 is 0 Å². The van der Waals surface area contributed by atoms with Gasteiger partial charge in [-0.05, 0) is 24.6 Å². The third-order valence-electron chi connectivity index (χ3n) is 1.93. The lowest BCUT2D eigenvalue weighted by atomic mass is 10.2. The van der Waals surface area contributed by atoms with Gasteiger partial charge < -0.3 is 14.6 Å². The van der Waals surface area contributed by atoms with Crippen molar-refractivity contribution in [3.8, 4) is 11.5 Å². The molecular weight excluding hydrogens is 196 g/mol. The molecule has 0 spiro atoms. The molecule has 0 heterocycles. The fourth-order valence-corrected chi connectivity index (χ4v) is 1.14. The molecule has 1 aromatic rings. The van der Waals surface area contributed by atoms with Crippen LogP contribution in [0.15, 0.2) is 18.2 Å². The first-order valence-electron chi connectivity index (χ1n) is 4.58. The van der Waals surface area contributed by atoms with Crippen molar-refractivity contribution < 1.29 is 19.4 Å². The first kappa shape index (κ1) is 11.5. The van der Waals surface area contributed by atoms with Crippen molar-refractivity contribution in [1.82, 2.24) is 0 Å². The number of benzene rings is 1. The van der Waals surface area contributed by atoms with Gasteiger partial charge in [0.2, 0.25) is 0 Å². The zero-order chi connectivity index (χ0) is 11.3. The van der Waals surface area contributed by atoms with Gasteiger partial charge in [0.05, 0.1) is 13.7 Å². The number of aliphatic hydroxyl groups is 1. The molecule has 0 aliphatic heterocycles. The Bertz CT molecular complexity index is 335. The maximum atomic E-state index is 10.5. The van der Waals surface area contributed by atoms with Gasteiger partial charge in [0.25, 0.3) is 0 Å². The number of aryl methyl sites for hydroxylation is 1. The standard InChI is InChI=1S/C11H14O4/c1-8-3-4-10(11(5-8)14-2)15-9(6-12)7-13/h3-6,9,13H,7H2,1-2H3. The zero-order valence-electron chi connectivity index (χ0n) is 8.77. The van der Waals surface area contributed by atoms with Gasteiger partial charge in [0, 0.05) is 0 Å². The molecular formula is C11H14O4. The molecule has 1 N–H and O–H groups in total. The molecule has 4 nitrogen and oxygen atoms in total. The van der Waals surface area contributed by atoms with E-state index in [1.165, 1.54) is 7.11 Å². The Morgan fingerprint density at radius 2 is 2.20 bits per heavy atom. The summed E-state index contributed by atoms with van der Waals surface area (Å²) < 4.78 is 10.3. The fraction of sp³-hybridized carbons (Fsp3) is 0.364. The molecule has 0 aliphatic rings. The van der Waals surface area contributed by atoms with E-state index in [4.69, 9.17) is 14.6 Å². The maximum absolute atomic E-state index is 10.5. The van der Waals surface area contributed by atoms with Crippen LogP contribution in [0.3, 0.4) is 0 Å². The highest BCUT2D eigenvalue weighted by atomic mass is 16.5. The number of methoxy groups -OCH3 is 1. The molecule has 1 rings (SSSR count). The zero-order valence-corrected chi connectivity index (χ0v) is 8.77. The highest BCUT2D eigenvalue weighted by molar-refractivity contribution is 5.57. The van der Waals surface area contributed by atoms with Crippen molar-refractivity contribution in [2.75, 3.05) is 13.7 Å². The number of aldehydes is 1. The predicted molar refractivity (Wildman–Crippen MR) is 55.3 cm³/mol. The minimum atomic E-state index is -0.846. The van der Waals surface area contributed by atoms with E-state index in [0.29, 0.717) is 17.8 Å². The molecule has 1 aromatic carbocycles. The molecule has 0 saturated heterocycles. The molecule has 15 heavy (non-hydrogen) atoms. The van der Waals surface area contributed by atoms with Crippen molar-refractivity contribution in [3.05, 3.63) is 23.8 Å². The van der Waals surface area contributed by atoms with Gasteiger partial charge in [-0.3, -0.25) is 4.79 Å². The van der Waals surface area contributed by atoms with Gasteiger partial charge in [0.15, 0.2) is 23.9 Å². The topological polar surface area (TPSA) is 55.8 Å². The van der Waals surface area contributed by atoms with Crippen molar-refractivity contribution in [1.29, 1.82) is 0 Å². The van der Waals surface area contributed by atoms with Crippen LogP contribution in [0.1, 0.15) is 5.56 Å². The van der Waals surface area contributed by atoms with Gasteiger partial charge >= 0.3 is 0 Å². The maximum Gasteiger partial charge on any atom is 0.177 e. The fourth-order valence-electron chi connectivity index (χ4n) is 1.14. The summed E-state index contributed by atoms with van der Waals surface area (Å²) in [7, 11) is 1.52. The van der Waals surface area contributed by atoms with E-state index in [9.17, 15) is 4.79 Å². The Morgan fingerprint density at radius 3 is 2.73 bits per heavy atom. The van der Waals surface area contributed by atoms with Crippen LogP contribution < -0.4 is 9.47 Å². The van der Waals surface area contributed by atoms with Crippen molar-refractivity contribution in [2.45, 2.75) is 13.0 Å². The third kappa shape index (κ3) is 2.95. The second-order valence-corrected chi connectivity index (χ2v) is 3.13. The molecule has 0 aliphatic carbocycles. The summed E-state index contributed by atoms with van der Waals surface area (Å²) in [6.45, 7) is 1.58. The third-order valence-corrected chi connectivity index (χ3v) is 1.93. The first-order valence-corrected chi connectivity index (χ1v) is 4.58. The SMILES string of the molecule is COc1cc(C)ccc1OC(C=O)CO. The van der Waals surface area contributed by atoms with E-state index in [-0.39, 0.29) is 6.61 Å². The number of carbonyl (C=O) groups is 1. The quantitative estimate of drug-likeness (QED) is 0.735. The number of aliphatic hydroxyl groups excluding tert-OH is 1. The van der Waals surface area contributed by atoms with E-state index < -0.39 is 6.10 Å². The van der Waals surface area contributed by atoms with Crippen LogP contribution >= 0.6 is 0 Å². The lowest BCUT2D eigenvalue weighted by Crippen LogP contribution is -2.22. The van der Waals surface area contributed by atoms with Gasteiger partial charge in [-0.15, -0.1) is 0 Å². The number of hydrogen-bond donors (Lipinski definition) is 1. The summed E-state index contributed by atoms with van der Waals surface area (Å²) in [5, 5.41) is 8.81. The van der Waals surface area contributed by atoms with Crippen molar-refractivity contribution in [3.63, 3.8) is 0 Å². The Morgan fingerprint density at radius 1 is 1.47 bits per heavy atom. The van der Waals surface area contributed by atoms with Crippen LogP contribution in [0.5, 0.6) is 11.5 Å². The van der Waals surface area contributed by atoms with E-state index in [1.807, 2.05) is 13.0 Å². The summed E-state index contributed by atoms with van der Waals surface area (Å²) in [4.78, 5) is 10.5. The smallest absolute Gasteiger partial charge is 0.177 e. The molecule has 82 valence electrons. The summed E-state index contributed by atoms with van der Waals surface area (Å²) in [6.07, 6.45) is -0.291. The van der Waals surface area contributed by atoms with E-state index in [0.717, 1.165) is 5.56 Å². The van der Waals surface area contributed by atoms with Gasteiger partial charge in [-0.1, -0.05) is 6.07 Å². The second kappa shape index (κ2) is 5.36. The van der Waals surface area contributed by atoms with Gasteiger partial charge in [0.1, 0.15) is 0 Å². The molecule has 0 fully saturated rings. The van der Waals surface area contributed by atoms with Crippen LogP contribution in [0.2, 0.25) is 0 Å². The molecule has 1 unspecified atom stereocenters. The molecule has 1 atom stereocenters. The van der Waals surface area contributed by atoms with Crippen LogP contribution in [0.4, 0.5) is 0 Å². The number of ether oxygens (including phenoxy) is 2. The second-order valence-electron chi connectivity index (χ2n) is 3.13. The normalized spacial score (nSPS) is 11.9. The predicted octanol–water partition coefficient (Wildman–Crippen LogP) is 0.942. The summed E-state index contributed by atoms with van der Waals surface area (Å²) in [6, 6.07) is 5.35. The lowest BCUT2D eigenvalue weighted by Gasteiger charge is -2.14. The summed E-state index contributed by atoms with van der Waals surface area (Å²) >= 11 is 0. The van der Waals surface area contributed by atoms with Crippen LogP contribution in [0, 0.1) is 6.92 Å². The van der Waals surface area contributed by atoms with E-state index in [2.05, 4.69) is 0 Å². The highest BCUT2D eigenvalue weighted by Crippen LogP contribution is 2.28. The minimum Gasteiger partial charge on any atom is -0.493 e. The van der Waals surface area contributed by atoms with Crippen LogP contribution in [-0.4, -0.2) is 31.2 Å².